The van der Waals surface area contributed by atoms with E-state index in [2.05, 4.69) is 28.5 Å². The monoisotopic (exact) mass is 485 g/mol. The number of carbonyl (C=O) groups is 2. The minimum atomic E-state index is -0.548. The molecule has 0 unspecified atom stereocenters. The molecule has 3 aromatic heterocycles. The molecule has 1 amide bonds. The van der Waals surface area contributed by atoms with Crippen LogP contribution in [-0.4, -0.2) is 50.0 Å². The summed E-state index contributed by atoms with van der Waals surface area (Å²) in [7, 11) is 1.31. The summed E-state index contributed by atoms with van der Waals surface area (Å²) in [5.74, 6) is -0.284. The second kappa shape index (κ2) is 8.03. The first-order valence-electron chi connectivity index (χ1n) is 12.0. The van der Waals surface area contributed by atoms with Gasteiger partial charge in [0.05, 0.1) is 24.9 Å². The predicted octanol–water partition coefficient (Wildman–Crippen LogP) is 3.29. The number of para-hydroxylation sites is 1. The van der Waals surface area contributed by atoms with Crippen molar-refractivity contribution in [3.05, 3.63) is 70.8 Å². The molecular formula is C27H27N5O4. The van der Waals surface area contributed by atoms with Gasteiger partial charge in [0.15, 0.2) is 5.69 Å². The van der Waals surface area contributed by atoms with Gasteiger partial charge in [0.1, 0.15) is 11.5 Å². The van der Waals surface area contributed by atoms with E-state index in [9.17, 15) is 14.7 Å². The van der Waals surface area contributed by atoms with Gasteiger partial charge >= 0.3 is 5.97 Å². The fourth-order valence-corrected chi connectivity index (χ4v) is 5.66. The van der Waals surface area contributed by atoms with Crippen molar-refractivity contribution in [3.8, 4) is 5.69 Å². The second-order valence-electron chi connectivity index (χ2n) is 10.2. The van der Waals surface area contributed by atoms with E-state index < -0.39 is 5.97 Å². The van der Waals surface area contributed by atoms with Crippen molar-refractivity contribution in [2.45, 2.75) is 39.8 Å². The van der Waals surface area contributed by atoms with Crippen LogP contribution in [0.25, 0.3) is 16.6 Å². The van der Waals surface area contributed by atoms with Gasteiger partial charge in [-0.05, 0) is 42.0 Å². The summed E-state index contributed by atoms with van der Waals surface area (Å²) in [6, 6.07) is 11.1. The van der Waals surface area contributed by atoms with E-state index in [1.54, 1.807) is 27.9 Å². The Morgan fingerprint density at radius 1 is 1.17 bits per heavy atom. The van der Waals surface area contributed by atoms with Crippen molar-refractivity contribution in [2.75, 3.05) is 18.6 Å². The number of amides is 1. The van der Waals surface area contributed by atoms with Gasteiger partial charge < -0.3 is 14.4 Å². The van der Waals surface area contributed by atoms with E-state index in [-0.39, 0.29) is 23.6 Å². The summed E-state index contributed by atoms with van der Waals surface area (Å²) < 4.78 is 8.67. The van der Waals surface area contributed by atoms with E-state index in [1.165, 1.54) is 18.4 Å². The highest BCUT2D eigenvalue weighted by Crippen LogP contribution is 2.40. The Morgan fingerprint density at radius 2 is 1.97 bits per heavy atom. The maximum absolute atomic E-state index is 13.6. The van der Waals surface area contributed by atoms with Crippen LogP contribution in [0.3, 0.4) is 0 Å². The third-order valence-electron chi connectivity index (χ3n) is 7.24. The topological polar surface area (TPSA) is 102 Å². The molecule has 9 nitrogen and oxygen atoms in total. The van der Waals surface area contributed by atoms with Crippen LogP contribution in [0.1, 0.15) is 51.6 Å². The number of esters is 1. The van der Waals surface area contributed by atoms with E-state index in [0.717, 1.165) is 12.8 Å². The van der Waals surface area contributed by atoms with E-state index in [4.69, 9.17) is 4.74 Å². The Balaban J connectivity index is 1.44. The fourth-order valence-electron chi connectivity index (χ4n) is 5.66. The van der Waals surface area contributed by atoms with Gasteiger partial charge in [-0.25, -0.2) is 14.5 Å². The molecule has 0 bridgehead atoms. The molecule has 4 aromatic rings. The van der Waals surface area contributed by atoms with Gasteiger partial charge in [-0.3, -0.25) is 9.69 Å². The van der Waals surface area contributed by atoms with Crippen molar-refractivity contribution < 1.29 is 19.4 Å². The number of ether oxygens (including phenoxy) is 1. The van der Waals surface area contributed by atoms with Crippen LogP contribution in [0.2, 0.25) is 0 Å². The number of pyridine rings is 1. The number of carbonyl (C=O) groups excluding carboxylic acids is 2. The Bertz CT molecular complexity index is 1550. The molecule has 0 atom stereocenters. The Labute approximate surface area is 207 Å². The summed E-state index contributed by atoms with van der Waals surface area (Å²) in [5.41, 5.74) is 5.24. The number of anilines is 1. The minimum Gasteiger partial charge on any atom is -0.464 e. The number of hydrogen-bond donors (Lipinski definition) is 1. The highest BCUT2D eigenvalue weighted by molar-refractivity contribution is 6.06. The van der Waals surface area contributed by atoms with Crippen molar-refractivity contribution in [1.29, 1.82) is 0 Å². The molecule has 1 aliphatic heterocycles. The average molecular weight is 486 g/mol. The standard InChI is InChI=1S/C27H27N5O4/c1-27(2)13-16-12-21-25(34)31(11-10-30(21)22(16)14-27)24-18(15-33)20(8-9-28-24)32-19-7-5-4-6-17(19)23(29-32)26(35)36-3/h4-9,12,33H,10-11,13-15H2,1-3H3. The molecule has 0 saturated heterocycles. The molecule has 36 heavy (non-hydrogen) atoms. The summed E-state index contributed by atoms with van der Waals surface area (Å²) >= 11 is 0. The Kier molecular flexibility index (Phi) is 5.01. The molecule has 2 aliphatic rings. The summed E-state index contributed by atoms with van der Waals surface area (Å²) in [6.07, 6.45) is 3.52. The zero-order valence-corrected chi connectivity index (χ0v) is 20.5. The summed E-state index contributed by atoms with van der Waals surface area (Å²) in [5, 5.41) is 15.6. The number of fused-ring (bicyclic) bond motifs is 4. The van der Waals surface area contributed by atoms with Crippen molar-refractivity contribution in [2.24, 2.45) is 5.41 Å². The molecule has 0 fully saturated rings. The summed E-state index contributed by atoms with van der Waals surface area (Å²) in [4.78, 5) is 32.2. The van der Waals surface area contributed by atoms with Gasteiger partial charge in [0, 0.05) is 35.9 Å². The minimum absolute atomic E-state index is 0.131. The summed E-state index contributed by atoms with van der Waals surface area (Å²) in [6.45, 7) is 5.27. The zero-order chi connectivity index (χ0) is 25.2. The van der Waals surface area contributed by atoms with Crippen molar-refractivity contribution in [1.82, 2.24) is 19.3 Å². The lowest BCUT2D eigenvalue weighted by Crippen LogP contribution is -2.41. The molecule has 0 saturated carbocycles. The van der Waals surface area contributed by atoms with E-state index in [1.807, 2.05) is 24.3 Å². The molecule has 1 aromatic carbocycles. The third-order valence-corrected chi connectivity index (χ3v) is 7.24. The fraction of sp³-hybridized carbons (Fsp3) is 0.333. The second-order valence-corrected chi connectivity index (χ2v) is 10.2. The number of aliphatic hydroxyl groups excluding tert-OH is 1. The first-order valence-corrected chi connectivity index (χ1v) is 12.0. The van der Waals surface area contributed by atoms with Gasteiger partial charge in [-0.15, -0.1) is 0 Å². The highest BCUT2D eigenvalue weighted by atomic mass is 16.5. The van der Waals surface area contributed by atoms with Gasteiger partial charge in [0.25, 0.3) is 5.91 Å². The number of aromatic nitrogens is 4. The molecule has 9 heteroatoms. The largest absolute Gasteiger partial charge is 0.464 e. The third kappa shape index (κ3) is 3.26. The lowest BCUT2D eigenvalue weighted by Gasteiger charge is -2.30. The van der Waals surface area contributed by atoms with Crippen molar-refractivity contribution >= 4 is 28.6 Å². The Hall–Kier alpha value is -3.98. The average Bonchev–Trinajstić information content (AvgIpc) is 3.51. The number of benzene rings is 1. The van der Waals surface area contributed by atoms with Crippen LogP contribution in [-0.2, 0) is 30.7 Å². The van der Waals surface area contributed by atoms with Gasteiger partial charge in [0.2, 0.25) is 0 Å². The van der Waals surface area contributed by atoms with Crippen LogP contribution in [0.4, 0.5) is 5.82 Å². The van der Waals surface area contributed by atoms with Crippen LogP contribution in [0.5, 0.6) is 0 Å². The number of hydrogen-bond acceptors (Lipinski definition) is 6. The molecule has 6 rings (SSSR count). The molecule has 0 spiro atoms. The van der Waals surface area contributed by atoms with Crippen LogP contribution in [0.15, 0.2) is 42.6 Å². The highest BCUT2D eigenvalue weighted by Gasteiger charge is 2.37. The maximum Gasteiger partial charge on any atom is 0.359 e. The molecular weight excluding hydrogens is 458 g/mol. The predicted molar refractivity (Wildman–Crippen MR) is 133 cm³/mol. The SMILES string of the molecule is COC(=O)c1nn(-c2ccnc(N3CCn4c(cc5c4CC(C)(C)C5)C3=O)c2CO)c2ccccc12. The Morgan fingerprint density at radius 3 is 2.75 bits per heavy atom. The quantitative estimate of drug-likeness (QED) is 0.445. The lowest BCUT2D eigenvalue weighted by molar-refractivity contribution is 0.0595. The number of rotatable bonds is 4. The number of aliphatic hydroxyl groups is 1. The van der Waals surface area contributed by atoms with Crippen LogP contribution in [0, 0.1) is 5.41 Å². The molecule has 184 valence electrons. The first kappa shape index (κ1) is 22.5. The van der Waals surface area contributed by atoms with Gasteiger partial charge in [-0.2, -0.15) is 5.10 Å². The van der Waals surface area contributed by atoms with E-state index >= 15 is 0 Å². The molecule has 0 radical (unpaired) electrons. The maximum atomic E-state index is 13.6. The molecule has 1 N–H and O–H groups in total. The normalized spacial score (nSPS) is 16.3. The van der Waals surface area contributed by atoms with Gasteiger partial charge in [-0.1, -0.05) is 32.0 Å². The first-order chi connectivity index (χ1) is 17.3. The zero-order valence-electron chi connectivity index (χ0n) is 20.5. The molecule has 1 aliphatic carbocycles. The lowest BCUT2D eigenvalue weighted by atomic mass is 9.90. The number of methoxy groups -OCH3 is 1. The van der Waals surface area contributed by atoms with Crippen molar-refractivity contribution in [3.63, 3.8) is 0 Å². The van der Waals surface area contributed by atoms with Crippen LogP contribution >= 0.6 is 0 Å². The number of nitrogens with zero attached hydrogens (tertiary/aromatic N) is 5. The smallest absolute Gasteiger partial charge is 0.359 e. The van der Waals surface area contributed by atoms with E-state index in [0.29, 0.717) is 46.8 Å². The molecule has 4 heterocycles. The van der Waals surface area contributed by atoms with Crippen LogP contribution < -0.4 is 4.90 Å².